The van der Waals surface area contributed by atoms with Crippen molar-refractivity contribution < 1.29 is 23.9 Å². The average molecular weight is 493 g/mol. The first-order valence-corrected chi connectivity index (χ1v) is 11.8. The number of ether oxygens (including phenoxy) is 2. The molecular formula is C30H24N2O5. The van der Waals surface area contributed by atoms with Crippen LogP contribution < -0.4 is 15.4 Å². The summed E-state index contributed by atoms with van der Waals surface area (Å²) < 4.78 is 10.9. The zero-order valence-corrected chi connectivity index (χ0v) is 20.1. The highest BCUT2D eigenvalue weighted by molar-refractivity contribution is 6.07. The Labute approximate surface area is 214 Å². The van der Waals surface area contributed by atoms with Crippen LogP contribution in [0.15, 0.2) is 97.1 Å². The second-order valence-corrected chi connectivity index (χ2v) is 8.57. The molecule has 0 saturated heterocycles. The average Bonchev–Trinajstić information content (AvgIpc) is 2.93. The topological polar surface area (TPSA) is 93.7 Å². The summed E-state index contributed by atoms with van der Waals surface area (Å²) in [5.74, 6) is -0.446. The number of para-hydroxylation sites is 2. The Bertz CT molecular complexity index is 1470. The molecule has 1 aliphatic heterocycles. The molecule has 7 heteroatoms. The number of hydrogen-bond acceptors (Lipinski definition) is 5. The summed E-state index contributed by atoms with van der Waals surface area (Å²) in [6.45, 7) is 0. The molecule has 0 fully saturated rings. The molecule has 0 bridgehead atoms. The molecule has 2 amide bonds. The van der Waals surface area contributed by atoms with Crippen LogP contribution in [0, 0.1) is 0 Å². The first-order chi connectivity index (χ1) is 18.0. The standard InChI is InChI=1S/C30H24N2O5/c1-36-26-10-6-5-9-25(26)32-28(33)20-11-14-23(15-12-20)31-29(34)21-13-16-24-22(17-21)18-27(37-30(24)35)19-7-3-2-4-8-19/h2-17,27H,18H2,1H3,(H,31,34)(H,32,33). The highest BCUT2D eigenvalue weighted by atomic mass is 16.5. The maximum atomic E-state index is 12.9. The number of hydrogen-bond donors (Lipinski definition) is 2. The van der Waals surface area contributed by atoms with E-state index in [2.05, 4.69) is 10.6 Å². The summed E-state index contributed by atoms with van der Waals surface area (Å²) in [6.07, 6.45) is 0.0939. The van der Waals surface area contributed by atoms with Gasteiger partial charge in [0.25, 0.3) is 11.8 Å². The van der Waals surface area contributed by atoms with Crippen LogP contribution in [-0.4, -0.2) is 24.9 Å². The van der Waals surface area contributed by atoms with Gasteiger partial charge in [0.2, 0.25) is 0 Å². The maximum absolute atomic E-state index is 12.9. The van der Waals surface area contributed by atoms with Gasteiger partial charge in [-0.05, 0) is 65.7 Å². The van der Waals surface area contributed by atoms with E-state index in [0.717, 1.165) is 11.1 Å². The van der Waals surface area contributed by atoms with Gasteiger partial charge < -0.3 is 20.1 Å². The number of esters is 1. The maximum Gasteiger partial charge on any atom is 0.339 e. The monoisotopic (exact) mass is 492 g/mol. The van der Waals surface area contributed by atoms with E-state index < -0.39 is 12.1 Å². The summed E-state index contributed by atoms with van der Waals surface area (Å²) >= 11 is 0. The van der Waals surface area contributed by atoms with E-state index in [0.29, 0.717) is 40.2 Å². The van der Waals surface area contributed by atoms with E-state index in [4.69, 9.17) is 9.47 Å². The molecule has 4 aromatic rings. The van der Waals surface area contributed by atoms with Crippen LogP contribution in [0.3, 0.4) is 0 Å². The molecule has 0 radical (unpaired) electrons. The summed E-state index contributed by atoms with van der Waals surface area (Å²) in [5.41, 5.74) is 4.11. The molecule has 0 saturated carbocycles. The molecule has 0 aromatic heterocycles. The van der Waals surface area contributed by atoms with Gasteiger partial charge in [-0.3, -0.25) is 9.59 Å². The molecule has 5 rings (SSSR count). The smallest absolute Gasteiger partial charge is 0.339 e. The number of anilines is 2. The number of amides is 2. The van der Waals surface area contributed by atoms with Crippen molar-refractivity contribution in [2.75, 3.05) is 17.7 Å². The lowest BCUT2D eigenvalue weighted by Crippen LogP contribution is -2.23. The summed E-state index contributed by atoms with van der Waals surface area (Å²) in [5, 5.41) is 5.67. The van der Waals surface area contributed by atoms with Crippen molar-refractivity contribution in [2.24, 2.45) is 0 Å². The zero-order chi connectivity index (χ0) is 25.8. The summed E-state index contributed by atoms with van der Waals surface area (Å²) in [4.78, 5) is 38.1. The lowest BCUT2D eigenvalue weighted by molar-refractivity contribution is 0.0252. The van der Waals surface area contributed by atoms with E-state index >= 15 is 0 Å². The van der Waals surface area contributed by atoms with Crippen molar-refractivity contribution in [1.29, 1.82) is 0 Å². The second-order valence-electron chi connectivity index (χ2n) is 8.57. The molecule has 1 aliphatic rings. The first-order valence-electron chi connectivity index (χ1n) is 11.8. The van der Waals surface area contributed by atoms with Crippen molar-refractivity contribution >= 4 is 29.2 Å². The fourth-order valence-electron chi connectivity index (χ4n) is 4.24. The Morgan fingerprint density at radius 2 is 1.49 bits per heavy atom. The number of nitrogens with one attached hydrogen (secondary N) is 2. The van der Waals surface area contributed by atoms with Crippen LogP contribution in [0.5, 0.6) is 5.75 Å². The third-order valence-electron chi connectivity index (χ3n) is 6.17. The highest BCUT2D eigenvalue weighted by Gasteiger charge is 2.28. The lowest BCUT2D eigenvalue weighted by atomic mass is 9.93. The van der Waals surface area contributed by atoms with Crippen molar-refractivity contribution in [3.05, 3.63) is 125 Å². The van der Waals surface area contributed by atoms with Crippen LogP contribution in [0.2, 0.25) is 0 Å². The quantitative estimate of drug-likeness (QED) is 0.339. The predicted molar refractivity (Wildman–Crippen MR) is 140 cm³/mol. The number of carbonyl (C=O) groups excluding carboxylic acids is 3. The SMILES string of the molecule is COc1ccccc1NC(=O)c1ccc(NC(=O)c2ccc3c(c2)CC(c2ccccc2)OC3=O)cc1. The molecule has 7 nitrogen and oxygen atoms in total. The van der Waals surface area contributed by atoms with Crippen LogP contribution in [0.4, 0.5) is 11.4 Å². The number of methoxy groups -OCH3 is 1. The third-order valence-corrected chi connectivity index (χ3v) is 6.17. The van der Waals surface area contributed by atoms with E-state index in [-0.39, 0.29) is 11.8 Å². The van der Waals surface area contributed by atoms with Crippen LogP contribution in [0.25, 0.3) is 0 Å². The Morgan fingerprint density at radius 1 is 0.811 bits per heavy atom. The van der Waals surface area contributed by atoms with E-state index in [1.807, 2.05) is 42.5 Å². The van der Waals surface area contributed by atoms with Gasteiger partial charge in [-0.1, -0.05) is 42.5 Å². The molecule has 37 heavy (non-hydrogen) atoms. The van der Waals surface area contributed by atoms with Gasteiger partial charge in [0.15, 0.2) is 0 Å². The Morgan fingerprint density at radius 3 is 2.24 bits per heavy atom. The molecule has 0 aliphatic carbocycles. The van der Waals surface area contributed by atoms with Crippen molar-refractivity contribution in [3.8, 4) is 5.75 Å². The van der Waals surface area contributed by atoms with Crippen molar-refractivity contribution in [2.45, 2.75) is 12.5 Å². The van der Waals surface area contributed by atoms with E-state index in [1.165, 1.54) is 7.11 Å². The molecule has 0 spiro atoms. The molecular weight excluding hydrogens is 468 g/mol. The Kier molecular flexibility index (Phi) is 6.68. The fourth-order valence-corrected chi connectivity index (χ4v) is 4.24. The van der Waals surface area contributed by atoms with Crippen LogP contribution in [-0.2, 0) is 11.2 Å². The second kappa shape index (κ2) is 10.4. The molecule has 2 N–H and O–H groups in total. The predicted octanol–water partition coefficient (Wildman–Crippen LogP) is 5.65. The van der Waals surface area contributed by atoms with Gasteiger partial charge >= 0.3 is 5.97 Å². The third kappa shape index (κ3) is 5.21. The molecule has 4 aromatic carbocycles. The minimum absolute atomic E-state index is 0.295. The van der Waals surface area contributed by atoms with E-state index in [9.17, 15) is 14.4 Å². The number of fused-ring (bicyclic) bond motifs is 1. The highest BCUT2D eigenvalue weighted by Crippen LogP contribution is 2.31. The van der Waals surface area contributed by atoms with Gasteiger partial charge in [0.1, 0.15) is 11.9 Å². The Hall–Kier alpha value is -4.91. The van der Waals surface area contributed by atoms with Crippen molar-refractivity contribution in [3.63, 3.8) is 0 Å². The van der Waals surface area contributed by atoms with Crippen molar-refractivity contribution in [1.82, 2.24) is 0 Å². The van der Waals surface area contributed by atoms with Crippen LogP contribution >= 0.6 is 0 Å². The zero-order valence-electron chi connectivity index (χ0n) is 20.1. The van der Waals surface area contributed by atoms with Crippen LogP contribution in [0.1, 0.15) is 48.3 Å². The van der Waals surface area contributed by atoms with Gasteiger partial charge in [-0.15, -0.1) is 0 Å². The number of benzene rings is 4. The lowest BCUT2D eigenvalue weighted by Gasteiger charge is -2.25. The normalized spacial score (nSPS) is 14.2. The first kappa shape index (κ1) is 23.8. The number of carbonyl (C=O) groups is 3. The molecule has 1 heterocycles. The van der Waals surface area contributed by atoms with E-state index in [1.54, 1.807) is 54.6 Å². The van der Waals surface area contributed by atoms with Gasteiger partial charge in [-0.25, -0.2) is 4.79 Å². The number of rotatable bonds is 6. The number of cyclic esters (lactones) is 1. The fraction of sp³-hybridized carbons (Fsp3) is 0.100. The largest absolute Gasteiger partial charge is 0.495 e. The molecule has 1 atom stereocenters. The minimum Gasteiger partial charge on any atom is -0.495 e. The van der Waals surface area contributed by atoms with Gasteiger partial charge in [0.05, 0.1) is 18.4 Å². The summed E-state index contributed by atoms with van der Waals surface area (Å²) in [6, 6.07) is 28.2. The molecule has 184 valence electrons. The summed E-state index contributed by atoms with van der Waals surface area (Å²) in [7, 11) is 1.54. The molecule has 1 unspecified atom stereocenters. The van der Waals surface area contributed by atoms with Gasteiger partial charge in [-0.2, -0.15) is 0 Å². The minimum atomic E-state index is -0.399. The van der Waals surface area contributed by atoms with Gasteiger partial charge in [0, 0.05) is 23.2 Å². The Balaban J connectivity index is 1.27.